The van der Waals surface area contributed by atoms with Crippen LogP contribution >= 0.6 is 12.4 Å². The molecule has 1 spiro atoms. The summed E-state index contributed by atoms with van der Waals surface area (Å²) in [6, 6.07) is 0. The molecule has 5 heteroatoms. The quantitative estimate of drug-likeness (QED) is 0.765. The first-order valence-electron chi connectivity index (χ1n) is 5.25. The second-order valence-corrected chi connectivity index (χ2v) is 4.73. The van der Waals surface area contributed by atoms with Crippen molar-refractivity contribution in [2.75, 3.05) is 13.2 Å². The molecule has 2 aliphatic rings. The van der Waals surface area contributed by atoms with Crippen LogP contribution < -0.4 is 5.73 Å². The predicted molar refractivity (Wildman–Crippen MR) is 56.5 cm³/mol. The van der Waals surface area contributed by atoms with Crippen LogP contribution in [0.2, 0.25) is 0 Å². The summed E-state index contributed by atoms with van der Waals surface area (Å²) in [5.41, 5.74) is 5.52. The minimum atomic E-state index is -2.44. The van der Waals surface area contributed by atoms with Crippen molar-refractivity contribution in [3.8, 4) is 0 Å². The summed E-state index contributed by atoms with van der Waals surface area (Å²) in [4.78, 5) is 0. The molecule has 2 N–H and O–H groups in total. The molecule has 90 valence electrons. The van der Waals surface area contributed by atoms with Gasteiger partial charge in [0, 0.05) is 19.4 Å². The lowest BCUT2D eigenvalue weighted by atomic mass is 9.71. The van der Waals surface area contributed by atoms with Crippen LogP contribution in [0.1, 0.15) is 32.1 Å². The fourth-order valence-electron chi connectivity index (χ4n) is 2.54. The Kier molecular flexibility index (Phi) is 3.95. The summed E-state index contributed by atoms with van der Waals surface area (Å²) in [6.45, 7) is 1.14. The van der Waals surface area contributed by atoms with Gasteiger partial charge in [-0.25, -0.2) is 8.78 Å². The van der Waals surface area contributed by atoms with Crippen molar-refractivity contribution in [1.29, 1.82) is 0 Å². The van der Waals surface area contributed by atoms with E-state index in [1.165, 1.54) is 0 Å². The van der Waals surface area contributed by atoms with E-state index in [9.17, 15) is 8.78 Å². The number of halogens is 3. The molecule has 2 rings (SSSR count). The average Bonchev–Trinajstić information content (AvgIpc) is 2.56. The molecule has 1 unspecified atom stereocenters. The lowest BCUT2D eigenvalue weighted by Gasteiger charge is -2.35. The fraction of sp³-hybridized carbons (Fsp3) is 1.00. The van der Waals surface area contributed by atoms with Crippen molar-refractivity contribution in [2.24, 2.45) is 11.1 Å². The van der Waals surface area contributed by atoms with E-state index in [-0.39, 0.29) is 36.8 Å². The average molecular weight is 242 g/mol. The van der Waals surface area contributed by atoms with Crippen LogP contribution in [0.25, 0.3) is 0 Å². The second-order valence-electron chi connectivity index (χ2n) is 4.73. The molecular weight excluding hydrogens is 224 g/mol. The Labute approximate surface area is 94.9 Å². The van der Waals surface area contributed by atoms with E-state index in [1.54, 1.807) is 0 Å². The Morgan fingerprint density at radius 1 is 1.20 bits per heavy atom. The first kappa shape index (κ1) is 13.1. The smallest absolute Gasteiger partial charge is 0.248 e. The van der Waals surface area contributed by atoms with E-state index >= 15 is 0 Å². The third kappa shape index (κ3) is 2.80. The second kappa shape index (κ2) is 4.52. The van der Waals surface area contributed by atoms with Crippen LogP contribution in [0.5, 0.6) is 0 Å². The van der Waals surface area contributed by atoms with E-state index in [2.05, 4.69) is 0 Å². The van der Waals surface area contributed by atoms with Gasteiger partial charge in [0.25, 0.3) is 0 Å². The maximum absolute atomic E-state index is 13.0. The predicted octanol–water partition coefficient (Wildman–Crippen LogP) is 2.35. The molecule has 0 radical (unpaired) electrons. The fourth-order valence-corrected chi connectivity index (χ4v) is 2.54. The molecule has 0 aromatic rings. The maximum atomic E-state index is 13.0. The third-order valence-electron chi connectivity index (χ3n) is 3.59. The van der Waals surface area contributed by atoms with Gasteiger partial charge in [-0.05, 0) is 24.7 Å². The van der Waals surface area contributed by atoms with Gasteiger partial charge in [0.05, 0.1) is 12.7 Å². The Bertz CT molecular complexity index is 215. The zero-order chi connectivity index (χ0) is 10.2. The topological polar surface area (TPSA) is 35.2 Å². The molecular formula is C10H18ClF2NO. The molecule has 1 saturated heterocycles. The van der Waals surface area contributed by atoms with Gasteiger partial charge >= 0.3 is 0 Å². The van der Waals surface area contributed by atoms with Crippen LogP contribution in [-0.2, 0) is 4.74 Å². The number of hydrogen-bond acceptors (Lipinski definition) is 2. The summed E-state index contributed by atoms with van der Waals surface area (Å²) in [5.74, 6) is -2.44. The summed E-state index contributed by atoms with van der Waals surface area (Å²) in [6.07, 6.45) is 2.20. The van der Waals surface area contributed by atoms with Crippen molar-refractivity contribution in [3.05, 3.63) is 0 Å². The zero-order valence-corrected chi connectivity index (χ0v) is 9.49. The number of rotatable bonds is 1. The van der Waals surface area contributed by atoms with E-state index in [4.69, 9.17) is 10.5 Å². The Morgan fingerprint density at radius 3 is 2.27 bits per heavy atom. The highest BCUT2D eigenvalue weighted by atomic mass is 35.5. The van der Waals surface area contributed by atoms with Gasteiger partial charge in [-0.3, -0.25) is 0 Å². The molecule has 1 saturated carbocycles. The summed E-state index contributed by atoms with van der Waals surface area (Å²) >= 11 is 0. The van der Waals surface area contributed by atoms with Crippen molar-refractivity contribution < 1.29 is 13.5 Å². The molecule has 15 heavy (non-hydrogen) atoms. The van der Waals surface area contributed by atoms with Gasteiger partial charge in [-0.15, -0.1) is 12.4 Å². The first-order chi connectivity index (χ1) is 6.55. The summed E-state index contributed by atoms with van der Waals surface area (Å²) < 4.78 is 31.4. The lowest BCUT2D eigenvalue weighted by Crippen LogP contribution is -2.34. The SMILES string of the molecule is Cl.NCC1CC2(CCC(F)(F)CC2)CO1. The number of nitrogens with two attached hydrogens (primary N) is 1. The van der Waals surface area contributed by atoms with Crippen LogP contribution in [0, 0.1) is 5.41 Å². The van der Waals surface area contributed by atoms with E-state index in [1.807, 2.05) is 0 Å². The molecule has 1 heterocycles. The van der Waals surface area contributed by atoms with Gasteiger partial charge in [-0.2, -0.15) is 0 Å². The van der Waals surface area contributed by atoms with Gasteiger partial charge in [0.15, 0.2) is 0 Å². The molecule has 2 nitrogen and oxygen atoms in total. The molecule has 0 amide bonds. The number of ether oxygens (including phenoxy) is 1. The van der Waals surface area contributed by atoms with Gasteiger partial charge in [-0.1, -0.05) is 0 Å². The highest BCUT2D eigenvalue weighted by molar-refractivity contribution is 5.85. The van der Waals surface area contributed by atoms with Gasteiger partial charge in [0.1, 0.15) is 0 Å². The molecule has 0 aromatic carbocycles. The Morgan fingerprint density at radius 2 is 1.80 bits per heavy atom. The van der Waals surface area contributed by atoms with Crippen molar-refractivity contribution >= 4 is 12.4 Å². The minimum Gasteiger partial charge on any atom is -0.376 e. The standard InChI is InChI=1S/C10H17F2NO.ClH/c11-10(12)3-1-9(2-4-10)5-8(6-13)14-7-9;/h8H,1-7,13H2;1H. The Hall–Kier alpha value is 0.0700. The number of hydrogen-bond donors (Lipinski definition) is 1. The van der Waals surface area contributed by atoms with Crippen LogP contribution in [-0.4, -0.2) is 25.2 Å². The van der Waals surface area contributed by atoms with E-state index < -0.39 is 5.92 Å². The summed E-state index contributed by atoms with van der Waals surface area (Å²) in [5, 5.41) is 0. The normalized spacial score (nSPS) is 32.6. The Balaban J connectivity index is 0.00000112. The highest BCUT2D eigenvalue weighted by Gasteiger charge is 2.47. The highest BCUT2D eigenvalue weighted by Crippen LogP contribution is 2.49. The molecule has 1 aliphatic carbocycles. The molecule has 1 aliphatic heterocycles. The monoisotopic (exact) mass is 241 g/mol. The largest absolute Gasteiger partial charge is 0.376 e. The third-order valence-corrected chi connectivity index (χ3v) is 3.59. The lowest BCUT2D eigenvalue weighted by molar-refractivity contribution is -0.0679. The van der Waals surface area contributed by atoms with E-state index in [0.717, 1.165) is 6.42 Å². The van der Waals surface area contributed by atoms with Crippen molar-refractivity contribution in [3.63, 3.8) is 0 Å². The van der Waals surface area contributed by atoms with Gasteiger partial charge < -0.3 is 10.5 Å². The first-order valence-corrected chi connectivity index (χ1v) is 5.25. The maximum Gasteiger partial charge on any atom is 0.248 e. The van der Waals surface area contributed by atoms with Crippen LogP contribution in [0.4, 0.5) is 8.78 Å². The van der Waals surface area contributed by atoms with Crippen LogP contribution in [0.3, 0.4) is 0 Å². The molecule has 2 fully saturated rings. The van der Waals surface area contributed by atoms with E-state index in [0.29, 0.717) is 26.0 Å². The van der Waals surface area contributed by atoms with Crippen molar-refractivity contribution in [1.82, 2.24) is 0 Å². The minimum absolute atomic E-state index is 0. The number of alkyl halides is 2. The summed E-state index contributed by atoms with van der Waals surface area (Å²) in [7, 11) is 0. The van der Waals surface area contributed by atoms with Crippen LogP contribution in [0.15, 0.2) is 0 Å². The van der Waals surface area contributed by atoms with Gasteiger partial charge in [0.2, 0.25) is 5.92 Å². The van der Waals surface area contributed by atoms with Crippen molar-refractivity contribution in [2.45, 2.75) is 44.1 Å². The zero-order valence-electron chi connectivity index (χ0n) is 8.68. The molecule has 0 aromatic heterocycles. The molecule has 1 atom stereocenters. The molecule has 0 bridgehead atoms.